The maximum atomic E-state index is 2.58. The van der Waals surface area contributed by atoms with Crippen LogP contribution >= 0.6 is 0 Å². The van der Waals surface area contributed by atoms with Crippen molar-refractivity contribution >= 4 is 6.08 Å². The van der Waals surface area contributed by atoms with Crippen LogP contribution in [0.1, 0.15) is 37.8 Å². The molecule has 3 rings (SSSR count). The molecular weight excluding hydrogens is 230 g/mol. The van der Waals surface area contributed by atoms with Crippen LogP contribution in [0.5, 0.6) is 0 Å². The van der Waals surface area contributed by atoms with Crippen LogP contribution in [0, 0.1) is 0 Å². The van der Waals surface area contributed by atoms with Gasteiger partial charge in [0.25, 0.3) is 0 Å². The highest BCUT2D eigenvalue weighted by Gasteiger charge is 2.37. The molecule has 0 bridgehead atoms. The van der Waals surface area contributed by atoms with Gasteiger partial charge in [-0.05, 0) is 50.9 Å². The fourth-order valence-electron chi connectivity index (χ4n) is 3.32. The van der Waals surface area contributed by atoms with E-state index in [0.717, 1.165) is 6.54 Å². The van der Waals surface area contributed by atoms with E-state index in [2.05, 4.69) is 61.2 Å². The first-order chi connectivity index (χ1) is 9.20. The number of nitrogens with zero attached hydrogens (tertiary/aromatic N) is 1. The second-order valence-corrected chi connectivity index (χ2v) is 6.16. The van der Waals surface area contributed by atoms with Crippen LogP contribution in [0.3, 0.4) is 0 Å². The van der Waals surface area contributed by atoms with E-state index in [0.29, 0.717) is 5.41 Å². The van der Waals surface area contributed by atoms with Crippen molar-refractivity contribution in [1.82, 2.24) is 4.90 Å². The van der Waals surface area contributed by atoms with Gasteiger partial charge < -0.3 is 0 Å². The predicted molar refractivity (Wildman–Crippen MR) is 82.3 cm³/mol. The summed E-state index contributed by atoms with van der Waals surface area (Å²) in [5, 5.41) is 0. The van der Waals surface area contributed by atoms with Crippen LogP contribution in [-0.4, -0.2) is 24.5 Å². The van der Waals surface area contributed by atoms with Gasteiger partial charge in [-0.25, -0.2) is 0 Å². The number of fused-ring (bicyclic) bond motifs is 2. The first-order valence-electron chi connectivity index (χ1n) is 7.34. The van der Waals surface area contributed by atoms with Crippen molar-refractivity contribution in [2.24, 2.45) is 0 Å². The Morgan fingerprint density at radius 1 is 1.21 bits per heavy atom. The lowest BCUT2D eigenvalue weighted by molar-refractivity contribution is 0.200. The van der Waals surface area contributed by atoms with Gasteiger partial charge in [-0.15, -0.1) is 0 Å². The zero-order chi connectivity index (χ0) is 13.3. The van der Waals surface area contributed by atoms with Crippen molar-refractivity contribution in [1.29, 1.82) is 0 Å². The Morgan fingerprint density at radius 2 is 1.95 bits per heavy atom. The van der Waals surface area contributed by atoms with Gasteiger partial charge in [0.15, 0.2) is 0 Å². The molecule has 19 heavy (non-hydrogen) atoms. The molecule has 1 nitrogen and oxygen atoms in total. The number of hydrogen-bond donors (Lipinski definition) is 0. The molecule has 1 heteroatoms. The molecule has 0 atom stereocenters. The molecule has 1 saturated heterocycles. The molecule has 1 aliphatic carbocycles. The van der Waals surface area contributed by atoms with Gasteiger partial charge in [0.2, 0.25) is 0 Å². The highest BCUT2D eigenvalue weighted by molar-refractivity contribution is 5.65. The highest BCUT2D eigenvalue weighted by Crippen LogP contribution is 2.43. The summed E-state index contributed by atoms with van der Waals surface area (Å²) in [4.78, 5) is 2.58. The lowest BCUT2D eigenvalue weighted by atomic mass is 9.74. The topological polar surface area (TPSA) is 3.24 Å². The molecule has 0 unspecified atom stereocenters. The minimum atomic E-state index is 0.331. The third-order valence-corrected chi connectivity index (χ3v) is 4.59. The van der Waals surface area contributed by atoms with Gasteiger partial charge in [-0.2, -0.15) is 0 Å². The Labute approximate surface area is 116 Å². The number of piperidine rings is 1. The quantitative estimate of drug-likeness (QED) is 0.720. The zero-order valence-electron chi connectivity index (χ0n) is 12.0. The second-order valence-electron chi connectivity index (χ2n) is 6.16. The summed E-state index contributed by atoms with van der Waals surface area (Å²) in [6.07, 6.45) is 9.64. The molecule has 1 aromatic rings. The average molecular weight is 253 g/mol. The van der Waals surface area contributed by atoms with Crippen LogP contribution in [0.4, 0.5) is 0 Å². The van der Waals surface area contributed by atoms with Crippen LogP contribution in [0.15, 0.2) is 42.0 Å². The van der Waals surface area contributed by atoms with Crippen molar-refractivity contribution < 1.29 is 0 Å². The van der Waals surface area contributed by atoms with E-state index < -0.39 is 0 Å². The van der Waals surface area contributed by atoms with Gasteiger partial charge in [0.1, 0.15) is 0 Å². The number of likely N-dealkylation sites (tertiary alicyclic amines) is 1. The van der Waals surface area contributed by atoms with Crippen molar-refractivity contribution in [2.75, 3.05) is 19.6 Å². The molecule has 2 aliphatic rings. The maximum Gasteiger partial charge on any atom is 0.0165 e. The molecule has 1 aromatic carbocycles. The summed E-state index contributed by atoms with van der Waals surface area (Å²) in [7, 11) is 0. The summed E-state index contributed by atoms with van der Waals surface area (Å²) in [6.45, 7) is 7.90. The first-order valence-corrected chi connectivity index (χ1v) is 7.34. The zero-order valence-corrected chi connectivity index (χ0v) is 12.0. The van der Waals surface area contributed by atoms with Gasteiger partial charge >= 0.3 is 0 Å². The molecule has 0 aromatic heterocycles. The Bertz CT molecular complexity index is 512. The molecule has 100 valence electrons. The number of rotatable bonds is 2. The van der Waals surface area contributed by atoms with Crippen LogP contribution in [-0.2, 0) is 5.41 Å². The summed E-state index contributed by atoms with van der Waals surface area (Å²) < 4.78 is 0. The van der Waals surface area contributed by atoms with Crippen LogP contribution in [0.25, 0.3) is 6.08 Å². The van der Waals surface area contributed by atoms with E-state index >= 15 is 0 Å². The van der Waals surface area contributed by atoms with Crippen molar-refractivity contribution in [3.63, 3.8) is 0 Å². The lowest BCUT2D eigenvalue weighted by Gasteiger charge is -2.39. The SMILES string of the molecule is CC(C)=CCN1CCC2(C=Cc3ccccc32)CC1. The minimum absolute atomic E-state index is 0.331. The van der Waals surface area contributed by atoms with E-state index in [9.17, 15) is 0 Å². The molecular formula is C18H23N. The van der Waals surface area contributed by atoms with E-state index in [-0.39, 0.29) is 0 Å². The van der Waals surface area contributed by atoms with Crippen molar-refractivity contribution in [3.05, 3.63) is 53.1 Å². The Balaban J connectivity index is 1.71. The lowest BCUT2D eigenvalue weighted by Crippen LogP contribution is -2.41. The van der Waals surface area contributed by atoms with Gasteiger partial charge in [-0.3, -0.25) is 4.90 Å². The first kappa shape index (κ1) is 12.7. The van der Waals surface area contributed by atoms with Crippen LogP contribution in [0.2, 0.25) is 0 Å². The highest BCUT2D eigenvalue weighted by atomic mass is 15.1. The fraction of sp³-hybridized carbons (Fsp3) is 0.444. The molecule has 0 N–H and O–H groups in total. The van der Waals surface area contributed by atoms with Crippen LogP contribution < -0.4 is 0 Å². The van der Waals surface area contributed by atoms with Gasteiger partial charge in [0, 0.05) is 12.0 Å². The number of hydrogen-bond acceptors (Lipinski definition) is 1. The van der Waals surface area contributed by atoms with E-state index in [1.807, 2.05) is 0 Å². The van der Waals surface area contributed by atoms with Crippen molar-refractivity contribution in [3.8, 4) is 0 Å². The van der Waals surface area contributed by atoms with E-state index in [1.165, 1.54) is 37.1 Å². The number of allylic oxidation sites excluding steroid dienone is 2. The standard InChI is InChI=1S/C18H23N/c1-15(2)8-12-19-13-10-18(11-14-19)9-7-16-5-3-4-6-17(16)18/h3-9H,10-14H2,1-2H3. The Kier molecular flexibility index (Phi) is 3.32. The third-order valence-electron chi connectivity index (χ3n) is 4.59. The molecule has 1 heterocycles. The predicted octanol–water partition coefficient (Wildman–Crippen LogP) is 4.01. The monoisotopic (exact) mass is 253 g/mol. The van der Waals surface area contributed by atoms with E-state index in [1.54, 1.807) is 5.56 Å². The van der Waals surface area contributed by atoms with Gasteiger partial charge in [-0.1, -0.05) is 48.1 Å². The second kappa shape index (κ2) is 4.97. The molecule has 1 aliphatic heterocycles. The summed E-state index contributed by atoms with van der Waals surface area (Å²) in [5.74, 6) is 0. The van der Waals surface area contributed by atoms with E-state index in [4.69, 9.17) is 0 Å². The van der Waals surface area contributed by atoms with Gasteiger partial charge in [0.05, 0.1) is 0 Å². The molecule has 1 spiro atoms. The summed E-state index contributed by atoms with van der Waals surface area (Å²) in [5.41, 5.74) is 4.74. The average Bonchev–Trinajstić information content (AvgIpc) is 2.78. The molecule has 0 radical (unpaired) electrons. The molecule has 0 saturated carbocycles. The largest absolute Gasteiger partial charge is 0.300 e. The third kappa shape index (κ3) is 2.40. The Morgan fingerprint density at radius 3 is 2.68 bits per heavy atom. The minimum Gasteiger partial charge on any atom is -0.300 e. The summed E-state index contributed by atoms with van der Waals surface area (Å²) >= 11 is 0. The fourth-order valence-corrected chi connectivity index (χ4v) is 3.32. The van der Waals surface area contributed by atoms with Crippen molar-refractivity contribution in [2.45, 2.75) is 32.1 Å². The molecule has 0 amide bonds. The maximum absolute atomic E-state index is 2.58. The smallest absolute Gasteiger partial charge is 0.0165 e. The normalized spacial score (nSPS) is 20.5. The molecule has 1 fully saturated rings. The Hall–Kier alpha value is -1.34. The summed E-state index contributed by atoms with van der Waals surface area (Å²) in [6, 6.07) is 8.90. The number of benzene rings is 1.